The number of aromatic nitrogens is 2. The average molecular weight is 479 g/mol. The van der Waals surface area contributed by atoms with Gasteiger partial charge in [-0.15, -0.1) is 16.6 Å². The highest BCUT2D eigenvalue weighted by atomic mass is 32.2. The van der Waals surface area contributed by atoms with E-state index in [0.717, 1.165) is 43.6 Å². The Labute approximate surface area is 200 Å². The molecule has 10 nitrogen and oxygen atoms in total. The highest BCUT2D eigenvalue weighted by Gasteiger charge is 2.17. The number of nitro groups is 1. The first-order chi connectivity index (χ1) is 16.5. The van der Waals surface area contributed by atoms with Crippen molar-refractivity contribution < 1.29 is 14.1 Å². The van der Waals surface area contributed by atoms with E-state index < -0.39 is 4.92 Å². The van der Waals surface area contributed by atoms with E-state index in [1.807, 2.05) is 24.3 Å². The van der Waals surface area contributed by atoms with Crippen LogP contribution in [-0.4, -0.2) is 64.4 Å². The summed E-state index contributed by atoms with van der Waals surface area (Å²) < 4.78 is 5.53. The normalized spacial score (nSPS) is 13.9. The van der Waals surface area contributed by atoms with E-state index in [1.54, 1.807) is 12.1 Å². The first-order valence-electron chi connectivity index (χ1n) is 10.5. The number of rotatable bonds is 8. The van der Waals surface area contributed by atoms with Crippen LogP contribution in [0.15, 0.2) is 58.2 Å². The van der Waals surface area contributed by atoms with Crippen molar-refractivity contribution in [1.82, 2.24) is 15.1 Å². The fourth-order valence-corrected chi connectivity index (χ4v) is 4.07. The van der Waals surface area contributed by atoms with Crippen LogP contribution in [0, 0.1) is 22.5 Å². The number of non-ortho nitro benzene ring substituents is 1. The van der Waals surface area contributed by atoms with Crippen LogP contribution in [0.5, 0.6) is 0 Å². The molecule has 11 heteroatoms. The Morgan fingerprint density at radius 2 is 1.94 bits per heavy atom. The third-order valence-electron chi connectivity index (χ3n) is 5.24. The summed E-state index contributed by atoms with van der Waals surface area (Å²) in [5.41, 5.74) is 2.17. The van der Waals surface area contributed by atoms with Crippen molar-refractivity contribution in [2.75, 3.05) is 48.7 Å². The zero-order valence-corrected chi connectivity index (χ0v) is 19.0. The number of amides is 1. The molecule has 1 aromatic heterocycles. The summed E-state index contributed by atoms with van der Waals surface area (Å²) in [5, 5.41) is 21.8. The molecule has 0 aliphatic carbocycles. The van der Waals surface area contributed by atoms with Gasteiger partial charge in [0.25, 0.3) is 10.9 Å². The molecule has 1 amide bonds. The summed E-state index contributed by atoms with van der Waals surface area (Å²) in [6.07, 6.45) is 5.38. The zero-order valence-electron chi connectivity index (χ0n) is 18.2. The van der Waals surface area contributed by atoms with Crippen LogP contribution in [0.2, 0.25) is 0 Å². The van der Waals surface area contributed by atoms with Crippen LogP contribution in [0.4, 0.5) is 17.1 Å². The van der Waals surface area contributed by atoms with Crippen molar-refractivity contribution in [1.29, 1.82) is 0 Å². The second-order valence-corrected chi connectivity index (χ2v) is 8.46. The number of terminal acetylenes is 1. The average Bonchev–Trinajstić information content (AvgIpc) is 3.33. The van der Waals surface area contributed by atoms with Gasteiger partial charge in [0.05, 0.1) is 17.2 Å². The van der Waals surface area contributed by atoms with Gasteiger partial charge in [-0.3, -0.25) is 19.8 Å². The lowest BCUT2D eigenvalue weighted by molar-refractivity contribution is -0.384. The van der Waals surface area contributed by atoms with Crippen LogP contribution in [0.1, 0.15) is 0 Å². The molecule has 0 bridgehead atoms. The quantitative estimate of drug-likeness (QED) is 0.225. The van der Waals surface area contributed by atoms with Crippen LogP contribution >= 0.6 is 11.8 Å². The smallest absolute Gasteiger partial charge is 0.277 e. The van der Waals surface area contributed by atoms with E-state index in [4.69, 9.17) is 10.8 Å². The standard InChI is InChI=1S/C23H22N6O4S/c1-2-10-27-11-13-28(14-12-27)19-8-6-18(7-9-19)24-21(30)16-34-23-26-25-22(33-23)17-4-3-5-20(15-17)29(31)32/h1,3-9,15H,10-14,16H2,(H,24,30). The third kappa shape index (κ3) is 5.92. The number of hydrogen-bond acceptors (Lipinski definition) is 9. The van der Waals surface area contributed by atoms with Gasteiger partial charge in [-0.05, 0) is 30.3 Å². The number of anilines is 2. The number of piperazine rings is 1. The van der Waals surface area contributed by atoms with Gasteiger partial charge in [-0.25, -0.2) is 0 Å². The maximum Gasteiger partial charge on any atom is 0.277 e. The number of nitro benzene ring substituents is 1. The summed E-state index contributed by atoms with van der Waals surface area (Å²) >= 11 is 1.09. The van der Waals surface area contributed by atoms with Crippen LogP contribution in [0.3, 0.4) is 0 Å². The molecular weight excluding hydrogens is 456 g/mol. The van der Waals surface area contributed by atoms with Crippen molar-refractivity contribution in [2.45, 2.75) is 5.22 Å². The van der Waals surface area contributed by atoms with Gasteiger partial charge in [-0.2, -0.15) is 0 Å². The Bertz CT molecular complexity index is 1200. The molecule has 2 heterocycles. The molecule has 1 saturated heterocycles. The van der Waals surface area contributed by atoms with Crippen LogP contribution < -0.4 is 10.2 Å². The van der Waals surface area contributed by atoms with Gasteiger partial charge >= 0.3 is 0 Å². The Hall–Kier alpha value is -3.88. The number of nitrogens with one attached hydrogen (secondary N) is 1. The fraction of sp³-hybridized carbons (Fsp3) is 0.261. The zero-order chi connectivity index (χ0) is 23.9. The van der Waals surface area contributed by atoms with Crippen molar-refractivity contribution in [3.05, 3.63) is 58.6 Å². The second-order valence-electron chi connectivity index (χ2n) is 7.53. The molecule has 174 valence electrons. The molecule has 1 aliphatic rings. The van der Waals surface area contributed by atoms with E-state index >= 15 is 0 Å². The van der Waals surface area contributed by atoms with Crippen molar-refractivity contribution in [3.8, 4) is 23.8 Å². The molecule has 1 aliphatic heterocycles. The van der Waals surface area contributed by atoms with Crippen molar-refractivity contribution in [2.24, 2.45) is 0 Å². The first-order valence-corrected chi connectivity index (χ1v) is 11.5. The number of thioether (sulfide) groups is 1. The minimum atomic E-state index is -0.493. The minimum absolute atomic E-state index is 0.0681. The summed E-state index contributed by atoms with van der Waals surface area (Å²) in [6, 6.07) is 13.7. The Kier molecular flexibility index (Phi) is 7.41. The topological polar surface area (TPSA) is 118 Å². The summed E-state index contributed by atoms with van der Waals surface area (Å²) in [6.45, 7) is 4.35. The predicted molar refractivity (Wildman–Crippen MR) is 130 cm³/mol. The SMILES string of the molecule is C#CCN1CCN(c2ccc(NC(=O)CSc3nnc(-c4cccc([N+](=O)[O-])c4)o3)cc2)CC1. The number of nitrogens with zero attached hydrogens (tertiary/aromatic N) is 5. The van der Waals surface area contributed by atoms with Crippen LogP contribution in [-0.2, 0) is 4.79 Å². The van der Waals surface area contributed by atoms with Gasteiger partial charge in [0.1, 0.15) is 0 Å². The molecule has 2 aromatic carbocycles. The molecule has 0 radical (unpaired) electrons. The molecule has 0 unspecified atom stereocenters. The predicted octanol–water partition coefficient (Wildman–Crippen LogP) is 3.13. The van der Waals surface area contributed by atoms with Gasteiger partial charge in [-0.1, -0.05) is 23.7 Å². The van der Waals surface area contributed by atoms with Gasteiger partial charge in [0.2, 0.25) is 11.8 Å². The lowest BCUT2D eigenvalue weighted by Crippen LogP contribution is -2.46. The van der Waals surface area contributed by atoms with Gasteiger partial charge in [0.15, 0.2) is 0 Å². The Morgan fingerprint density at radius 3 is 2.65 bits per heavy atom. The monoisotopic (exact) mass is 478 g/mol. The minimum Gasteiger partial charge on any atom is -0.411 e. The summed E-state index contributed by atoms with van der Waals surface area (Å²) in [5.74, 6) is 2.70. The van der Waals surface area contributed by atoms with E-state index in [2.05, 4.69) is 31.2 Å². The Morgan fingerprint density at radius 1 is 1.18 bits per heavy atom. The van der Waals surface area contributed by atoms with E-state index in [0.29, 0.717) is 17.8 Å². The molecular formula is C23H22N6O4S. The third-order valence-corrected chi connectivity index (χ3v) is 6.06. The second kappa shape index (κ2) is 10.8. The lowest BCUT2D eigenvalue weighted by Gasteiger charge is -2.35. The van der Waals surface area contributed by atoms with E-state index in [1.165, 1.54) is 12.1 Å². The maximum atomic E-state index is 12.3. The largest absolute Gasteiger partial charge is 0.411 e. The summed E-state index contributed by atoms with van der Waals surface area (Å²) in [4.78, 5) is 27.3. The molecule has 0 atom stereocenters. The molecule has 0 saturated carbocycles. The Balaban J connectivity index is 1.27. The van der Waals surface area contributed by atoms with Gasteiger partial charge in [0, 0.05) is 55.2 Å². The number of carbonyl (C=O) groups excluding carboxylic acids is 1. The molecule has 3 aromatic rings. The molecule has 4 rings (SSSR count). The number of carbonyl (C=O) groups is 1. The molecule has 1 fully saturated rings. The summed E-state index contributed by atoms with van der Waals surface area (Å²) in [7, 11) is 0. The first kappa shape index (κ1) is 23.3. The number of hydrogen-bond donors (Lipinski definition) is 1. The van der Waals surface area contributed by atoms with Gasteiger partial charge < -0.3 is 14.6 Å². The molecule has 0 spiro atoms. The van der Waals surface area contributed by atoms with Crippen molar-refractivity contribution in [3.63, 3.8) is 0 Å². The molecule has 1 N–H and O–H groups in total. The van der Waals surface area contributed by atoms with E-state index in [9.17, 15) is 14.9 Å². The maximum absolute atomic E-state index is 12.3. The number of benzene rings is 2. The highest BCUT2D eigenvalue weighted by Crippen LogP contribution is 2.26. The van der Waals surface area contributed by atoms with E-state index in [-0.39, 0.29) is 28.5 Å². The fourth-order valence-electron chi connectivity index (χ4n) is 3.51. The molecule has 34 heavy (non-hydrogen) atoms. The highest BCUT2D eigenvalue weighted by molar-refractivity contribution is 7.99. The van der Waals surface area contributed by atoms with Crippen molar-refractivity contribution >= 4 is 34.7 Å². The van der Waals surface area contributed by atoms with Crippen LogP contribution in [0.25, 0.3) is 11.5 Å². The lowest BCUT2D eigenvalue weighted by atomic mass is 10.2.